The van der Waals surface area contributed by atoms with Crippen molar-refractivity contribution >= 4 is 19.8 Å². The van der Waals surface area contributed by atoms with Crippen molar-refractivity contribution in [2.75, 3.05) is 13.2 Å². The first kappa shape index (κ1) is 58.3. The van der Waals surface area contributed by atoms with Gasteiger partial charge in [-0.05, 0) is 51.4 Å². The molecule has 1 aliphatic carbocycles. The maximum absolute atomic E-state index is 12.8. The van der Waals surface area contributed by atoms with E-state index in [1.807, 2.05) is 18.2 Å². The minimum absolute atomic E-state index is 0.0302. The number of carbonyl (C=O) groups excluding carboxylic acids is 2. The summed E-state index contributed by atoms with van der Waals surface area (Å²) in [7, 11) is -5.14. The van der Waals surface area contributed by atoms with Crippen molar-refractivity contribution in [3.8, 4) is 0 Å². The van der Waals surface area contributed by atoms with Crippen LogP contribution in [-0.4, -0.2) is 98.3 Å². The summed E-state index contributed by atoms with van der Waals surface area (Å²) in [6.07, 6.45) is 35.4. The first-order valence-electron chi connectivity index (χ1n) is 23.7. The molecule has 0 aliphatic heterocycles. The molecule has 0 bridgehead atoms. The number of phosphoric ester groups is 1. The Hall–Kier alpha value is -2.71. The van der Waals surface area contributed by atoms with E-state index in [4.69, 9.17) is 18.5 Å². The van der Waals surface area contributed by atoms with Crippen molar-refractivity contribution in [1.82, 2.24) is 0 Å². The second-order valence-corrected chi connectivity index (χ2v) is 17.6. The van der Waals surface area contributed by atoms with E-state index in [0.717, 1.165) is 51.4 Å². The van der Waals surface area contributed by atoms with Crippen LogP contribution in [0.15, 0.2) is 72.9 Å². The molecule has 8 atom stereocenters. The van der Waals surface area contributed by atoms with Gasteiger partial charge in [-0.1, -0.05) is 177 Å². The number of hydrogen-bond acceptors (Lipinski definition) is 12. The van der Waals surface area contributed by atoms with E-state index in [0.29, 0.717) is 19.3 Å². The van der Waals surface area contributed by atoms with Crippen LogP contribution in [0.2, 0.25) is 0 Å². The molecule has 1 aliphatic rings. The Morgan fingerprint density at radius 2 is 0.905 bits per heavy atom. The van der Waals surface area contributed by atoms with Crippen LogP contribution >= 0.6 is 7.82 Å². The second kappa shape index (κ2) is 38.5. The summed E-state index contributed by atoms with van der Waals surface area (Å²) in [6, 6.07) is 0. The van der Waals surface area contributed by atoms with Gasteiger partial charge in [-0.15, -0.1) is 0 Å². The Balaban J connectivity index is 2.51. The third-order valence-corrected chi connectivity index (χ3v) is 11.6. The largest absolute Gasteiger partial charge is 0.472 e. The average Bonchev–Trinajstić information content (AvgIpc) is 3.26. The summed E-state index contributed by atoms with van der Waals surface area (Å²) < 4.78 is 33.5. The molecule has 0 aromatic carbocycles. The molecule has 1 saturated carbocycles. The molecule has 13 nitrogen and oxygen atoms in total. The first-order chi connectivity index (χ1) is 30.4. The van der Waals surface area contributed by atoms with Crippen LogP contribution in [0.25, 0.3) is 0 Å². The molecule has 63 heavy (non-hydrogen) atoms. The fourth-order valence-corrected chi connectivity index (χ4v) is 7.76. The van der Waals surface area contributed by atoms with Crippen molar-refractivity contribution in [2.45, 2.75) is 211 Å². The highest BCUT2D eigenvalue weighted by Crippen LogP contribution is 2.47. The lowest BCUT2D eigenvalue weighted by Crippen LogP contribution is -2.64. The van der Waals surface area contributed by atoms with Crippen LogP contribution < -0.4 is 0 Å². The molecule has 0 aromatic heterocycles. The first-order valence-corrected chi connectivity index (χ1v) is 25.2. The van der Waals surface area contributed by atoms with Gasteiger partial charge in [0.1, 0.15) is 43.2 Å². The van der Waals surface area contributed by atoms with Crippen LogP contribution in [0.4, 0.5) is 0 Å². The van der Waals surface area contributed by atoms with Crippen LogP contribution in [0, 0.1) is 0 Å². The van der Waals surface area contributed by atoms with Gasteiger partial charge in [-0.25, -0.2) is 4.57 Å². The summed E-state index contributed by atoms with van der Waals surface area (Å²) in [5.41, 5.74) is 0. The van der Waals surface area contributed by atoms with E-state index >= 15 is 0 Å². The van der Waals surface area contributed by atoms with Crippen LogP contribution in [-0.2, 0) is 32.7 Å². The van der Waals surface area contributed by atoms with Gasteiger partial charge in [-0.3, -0.25) is 18.6 Å². The Morgan fingerprint density at radius 3 is 1.35 bits per heavy atom. The molecule has 3 unspecified atom stereocenters. The molecule has 0 spiro atoms. The molecule has 1 rings (SSSR count). The second-order valence-electron chi connectivity index (χ2n) is 16.2. The topological polar surface area (TPSA) is 210 Å². The standard InChI is InChI=1S/C49H83O13P/c1-3-5-7-9-11-13-15-17-19-20-21-22-24-26-28-30-32-34-36-38-43(51)61-41(40-60-63(57,58)62-49-47(55)45(53)44(52)46(54)48(49)56)39-59-42(50)37-35-33-31-29-27-25-23-18-16-14-12-10-8-6-4-2/h5,7,11,13,17,19,21-22,26,28,32,34,41,44-49,52-56H,3-4,6,8-10,12,14-16,18,20,23-25,27,29-31,33,35-40H2,1-2H3,(H,57,58)/b7-5-,13-11+,19-17+,22-21+,28-26+,34-32+/t41-,44?,45-,46+,47-,48-,49?/m1/s1. The molecule has 362 valence electrons. The fraction of sp³-hybridized carbons (Fsp3) is 0.714. The van der Waals surface area contributed by atoms with E-state index in [2.05, 4.69) is 68.5 Å². The van der Waals surface area contributed by atoms with Gasteiger partial charge in [0.25, 0.3) is 0 Å². The number of aliphatic hydroxyl groups is 5. The third-order valence-electron chi connectivity index (χ3n) is 10.6. The lowest BCUT2D eigenvalue weighted by atomic mass is 9.85. The number of esters is 2. The zero-order valence-electron chi connectivity index (χ0n) is 38.3. The Labute approximate surface area is 378 Å². The van der Waals surface area contributed by atoms with Gasteiger partial charge in [-0.2, -0.15) is 0 Å². The third kappa shape index (κ3) is 31.0. The summed E-state index contributed by atoms with van der Waals surface area (Å²) in [4.78, 5) is 35.7. The Bertz CT molecular complexity index is 1380. The Morgan fingerprint density at radius 1 is 0.508 bits per heavy atom. The summed E-state index contributed by atoms with van der Waals surface area (Å²) in [6.45, 7) is 3.12. The normalized spacial score (nSPS) is 22.3. The average molecular weight is 911 g/mol. The maximum Gasteiger partial charge on any atom is 0.472 e. The van der Waals surface area contributed by atoms with Crippen molar-refractivity contribution in [3.63, 3.8) is 0 Å². The van der Waals surface area contributed by atoms with Gasteiger partial charge in [0.2, 0.25) is 0 Å². The molecular formula is C49H83O13P. The number of unbranched alkanes of at least 4 members (excludes halogenated alkanes) is 14. The highest BCUT2D eigenvalue weighted by atomic mass is 31.2. The molecule has 0 amide bonds. The molecular weight excluding hydrogens is 828 g/mol. The van der Waals surface area contributed by atoms with Crippen LogP contribution in [0.5, 0.6) is 0 Å². The minimum Gasteiger partial charge on any atom is -0.462 e. The highest BCUT2D eigenvalue weighted by Gasteiger charge is 2.51. The zero-order chi connectivity index (χ0) is 46.4. The van der Waals surface area contributed by atoms with Crippen molar-refractivity contribution in [1.29, 1.82) is 0 Å². The monoisotopic (exact) mass is 911 g/mol. The minimum atomic E-state index is -5.14. The number of ether oxygens (including phenoxy) is 2. The van der Waals surface area contributed by atoms with Gasteiger partial charge < -0.3 is 39.9 Å². The van der Waals surface area contributed by atoms with Crippen LogP contribution in [0.3, 0.4) is 0 Å². The summed E-state index contributed by atoms with van der Waals surface area (Å²) in [5, 5.41) is 50.2. The summed E-state index contributed by atoms with van der Waals surface area (Å²) >= 11 is 0. The van der Waals surface area contributed by atoms with Gasteiger partial charge in [0.05, 0.1) is 6.61 Å². The molecule has 0 radical (unpaired) electrons. The number of rotatable bonds is 38. The van der Waals surface area contributed by atoms with E-state index in [1.54, 1.807) is 0 Å². The zero-order valence-corrected chi connectivity index (χ0v) is 39.2. The maximum atomic E-state index is 12.8. The van der Waals surface area contributed by atoms with E-state index in [9.17, 15) is 44.6 Å². The van der Waals surface area contributed by atoms with Gasteiger partial charge >= 0.3 is 19.8 Å². The Kier molecular flexibility index (Phi) is 35.7. The molecule has 0 saturated heterocycles. The predicted molar refractivity (Wildman–Crippen MR) is 249 cm³/mol. The van der Waals surface area contributed by atoms with Gasteiger partial charge in [0.15, 0.2) is 6.10 Å². The van der Waals surface area contributed by atoms with Crippen molar-refractivity contribution in [2.24, 2.45) is 0 Å². The number of carbonyl (C=O) groups is 2. The van der Waals surface area contributed by atoms with Crippen molar-refractivity contribution < 1.29 is 63.1 Å². The number of hydrogen-bond donors (Lipinski definition) is 6. The van der Waals surface area contributed by atoms with Gasteiger partial charge in [0, 0.05) is 12.8 Å². The van der Waals surface area contributed by atoms with E-state index in [1.165, 1.54) is 70.6 Å². The molecule has 1 fully saturated rings. The molecule has 6 N–H and O–H groups in total. The highest BCUT2D eigenvalue weighted by molar-refractivity contribution is 7.47. The lowest BCUT2D eigenvalue weighted by molar-refractivity contribution is -0.220. The van der Waals surface area contributed by atoms with Crippen LogP contribution in [0.1, 0.15) is 168 Å². The SMILES string of the molecule is CC/C=C\C/C=C/C/C=C/C/C=C/C/C=C/C/C=C/CCC(=O)O[C@H](COC(=O)CCCCCCCCCCCCCCCCC)COP(=O)(O)OC1[C@H](O)[C@H](O)C(O)[C@H](O)[C@H]1O. The fourth-order valence-electron chi connectivity index (χ4n) is 6.78. The number of allylic oxidation sites excluding steroid dienone is 12. The van der Waals surface area contributed by atoms with E-state index < -0.39 is 75.7 Å². The van der Waals surface area contributed by atoms with Crippen molar-refractivity contribution in [3.05, 3.63) is 72.9 Å². The molecule has 0 aromatic rings. The quantitative estimate of drug-likeness (QED) is 0.0148. The molecule has 14 heteroatoms. The molecule has 0 heterocycles. The number of aliphatic hydroxyl groups excluding tert-OH is 5. The summed E-state index contributed by atoms with van der Waals surface area (Å²) in [5.74, 6) is -1.20. The lowest BCUT2D eigenvalue weighted by Gasteiger charge is -2.41. The van der Waals surface area contributed by atoms with E-state index in [-0.39, 0.29) is 12.8 Å². The number of phosphoric acid groups is 1. The smallest absolute Gasteiger partial charge is 0.462 e. The predicted octanol–water partition coefficient (Wildman–Crippen LogP) is 9.50.